The molecule has 2 atom stereocenters. The average Bonchev–Trinajstić information content (AvgIpc) is 3.19. The minimum absolute atomic E-state index is 0.135. The first-order chi connectivity index (χ1) is 10.8. The molecule has 128 valence electrons. The van der Waals surface area contributed by atoms with Crippen molar-refractivity contribution in [2.24, 2.45) is 11.1 Å². The standard InChI is InChI=1S/C19H30N2O2/c1-5-6-7-12-21-15-10-8-14(9-11-15)16-13-19(16,18(2,3)4)23-17(20)22/h8-11,16,21H,5-7,12-13H2,1-4H3,(H2,20,22). The summed E-state index contributed by atoms with van der Waals surface area (Å²) in [4.78, 5) is 11.3. The summed E-state index contributed by atoms with van der Waals surface area (Å²) < 4.78 is 5.53. The normalized spacial score (nSPS) is 23.4. The highest BCUT2D eigenvalue weighted by Gasteiger charge is 2.65. The molecule has 4 nitrogen and oxygen atoms in total. The Bertz CT molecular complexity index is 533. The van der Waals surface area contributed by atoms with E-state index in [0.717, 1.165) is 18.7 Å². The first-order valence-corrected chi connectivity index (χ1v) is 8.62. The van der Waals surface area contributed by atoms with Crippen LogP contribution in [0.2, 0.25) is 0 Å². The van der Waals surface area contributed by atoms with E-state index in [1.165, 1.54) is 24.8 Å². The predicted molar refractivity (Wildman–Crippen MR) is 94.7 cm³/mol. The van der Waals surface area contributed by atoms with Crippen LogP contribution < -0.4 is 11.1 Å². The van der Waals surface area contributed by atoms with Crippen LogP contribution in [0, 0.1) is 5.41 Å². The lowest BCUT2D eigenvalue weighted by atomic mass is 9.83. The number of benzene rings is 1. The Hall–Kier alpha value is -1.71. The molecule has 0 saturated heterocycles. The van der Waals surface area contributed by atoms with E-state index in [-0.39, 0.29) is 11.3 Å². The number of carbonyl (C=O) groups excluding carboxylic acids is 1. The molecule has 1 aromatic carbocycles. The van der Waals surface area contributed by atoms with E-state index in [0.29, 0.717) is 0 Å². The number of hydrogen-bond acceptors (Lipinski definition) is 3. The summed E-state index contributed by atoms with van der Waals surface area (Å²) in [5.74, 6) is 0.226. The maximum absolute atomic E-state index is 11.3. The second-order valence-corrected chi connectivity index (χ2v) is 7.57. The molecule has 2 unspecified atom stereocenters. The van der Waals surface area contributed by atoms with Gasteiger partial charge in [0.1, 0.15) is 5.60 Å². The largest absolute Gasteiger partial charge is 0.442 e. The maximum Gasteiger partial charge on any atom is 0.405 e. The highest BCUT2D eigenvalue weighted by molar-refractivity contribution is 5.66. The number of nitrogens with one attached hydrogen (secondary N) is 1. The fourth-order valence-electron chi connectivity index (χ4n) is 3.35. The maximum atomic E-state index is 11.3. The Labute approximate surface area is 139 Å². The second-order valence-electron chi connectivity index (χ2n) is 7.57. The molecule has 0 bridgehead atoms. The lowest BCUT2D eigenvalue weighted by molar-refractivity contribution is 0.0111. The molecule has 0 aromatic heterocycles. The molecular formula is C19H30N2O2. The summed E-state index contributed by atoms with van der Waals surface area (Å²) in [6.45, 7) is 9.51. The van der Waals surface area contributed by atoms with Crippen LogP contribution >= 0.6 is 0 Å². The van der Waals surface area contributed by atoms with Gasteiger partial charge in [0.05, 0.1) is 0 Å². The third-order valence-electron chi connectivity index (χ3n) is 4.88. The molecule has 1 amide bonds. The molecule has 4 heteroatoms. The summed E-state index contributed by atoms with van der Waals surface area (Å²) in [5, 5.41) is 3.44. The summed E-state index contributed by atoms with van der Waals surface area (Å²) in [6.07, 6.45) is 3.84. The molecule has 23 heavy (non-hydrogen) atoms. The van der Waals surface area contributed by atoms with Crippen molar-refractivity contribution in [1.29, 1.82) is 0 Å². The van der Waals surface area contributed by atoms with Crippen LogP contribution in [0.25, 0.3) is 0 Å². The first kappa shape index (κ1) is 17.6. The van der Waals surface area contributed by atoms with Crippen LogP contribution in [0.3, 0.4) is 0 Å². The Morgan fingerprint density at radius 1 is 1.30 bits per heavy atom. The van der Waals surface area contributed by atoms with Gasteiger partial charge in [-0.05, 0) is 30.5 Å². The molecule has 1 aromatic rings. The van der Waals surface area contributed by atoms with Crippen LogP contribution in [0.1, 0.15) is 64.9 Å². The number of carbonyl (C=O) groups is 1. The molecule has 0 radical (unpaired) electrons. The van der Waals surface area contributed by atoms with E-state index in [1.807, 2.05) is 0 Å². The van der Waals surface area contributed by atoms with Gasteiger partial charge < -0.3 is 15.8 Å². The molecule has 1 aliphatic carbocycles. The van der Waals surface area contributed by atoms with Gasteiger partial charge >= 0.3 is 6.09 Å². The third-order valence-corrected chi connectivity index (χ3v) is 4.88. The Morgan fingerprint density at radius 2 is 1.96 bits per heavy atom. The van der Waals surface area contributed by atoms with Crippen LogP contribution in [0.15, 0.2) is 24.3 Å². The number of amides is 1. The van der Waals surface area contributed by atoms with E-state index in [4.69, 9.17) is 10.5 Å². The molecule has 1 saturated carbocycles. The molecule has 0 aliphatic heterocycles. The molecule has 2 rings (SSSR count). The zero-order valence-corrected chi connectivity index (χ0v) is 14.8. The van der Waals surface area contributed by atoms with Crippen molar-refractivity contribution < 1.29 is 9.53 Å². The summed E-state index contributed by atoms with van der Waals surface area (Å²) in [6, 6.07) is 8.48. The highest BCUT2D eigenvalue weighted by Crippen LogP contribution is 2.63. The Kier molecular flexibility index (Phi) is 5.23. The van der Waals surface area contributed by atoms with Crippen LogP contribution in [0.5, 0.6) is 0 Å². The van der Waals surface area contributed by atoms with Gasteiger partial charge in [0, 0.05) is 23.6 Å². The van der Waals surface area contributed by atoms with Gasteiger partial charge in [0.15, 0.2) is 0 Å². The zero-order valence-electron chi connectivity index (χ0n) is 14.8. The summed E-state index contributed by atoms with van der Waals surface area (Å²) in [5.41, 5.74) is 7.03. The fourth-order valence-corrected chi connectivity index (χ4v) is 3.35. The molecule has 1 aliphatic rings. The average molecular weight is 318 g/mol. The van der Waals surface area contributed by atoms with Crippen molar-refractivity contribution in [3.8, 4) is 0 Å². The lowest BCUT2D eigenvalue weighted by Crippen LogP contribution is -2.37. The van der Waals surface area contributed by atoms with Crippen molar-refractivity contribution in [1.82, 2.24) is 0 Å². The van der Waals surface area contributed by atoms with Crippen molar-refractivity contribution in [3.63, 3.8) is 0 Å². The van der Waals surface area contributed by atoms with E-state index in [2.05, 4.69) is 57.3 Å². The van der Waals surface area contributed by atoms with E-state index in [1.54, 1.807) is 0 Å². The third kappa shape index (κ3) is 3.98. The molecule has 3 N–H and O–H groups in total. The quantitative estimate of drug-likeness (QED) is 0.719. The van der Waals surface area contributed by atoms with Gasteiger partial charge in [-0.15, -0.1) is 0 Å². The highest BCUT2D eigenvalue weighted by atomic mass is 16.6. The Morgan fingerprint density at radius 3 is 2.48 bits per heavy atom. The minimum Gasteiger partial charge on any atom is -0.442 e. The van der Waals surface area contributed by atoms with Gasteiger partial charge in [0.2, 0.25) is 0 Å². The second kappa shape index (κ2) is 6.81. The fraction of sp³-hybridized carbons (Fsp3) is 0.632. The van der Waals surface area contributed by atoms with Crippen molar-refractivity contribution in [2.75, 3.05) is 11.9 Å². The van der Waals surface area contributed by atoms with E-state index >= 15 is 0 Å². The van der Waals surface area contributed by atoms with Gasteiger partial charge in [-0.2, -0.15) is 0 Å². The molecule has 0 heterocycles. The molecule has 0 spiro atoms. The van der Waals surface area contributed by atoms with Gasteiger partial charge in [-0.25, -0.2) is 4.79 Å². The van der Waals surface area contributed by atoms with Crippen molar-refractivity contribution in [3.05, 3.63) is 29.8 Å². The topological polar surface area (TPSA) is 64.3 Å². The van der Waals surface area contributed by atoms with Crippen LogP contribution in [0.4, 0.5) is 10.5 Å². The number of rotatable bonds is 7. The minimum atomic E-state index is -0.684. The van der Waals surface area contributed by atoms with Gasteiger partial charge in [-0.3, -0.25) is 0 Å². The monoisotopic (exact) mass is 318 g/mol. The number of anilines is 1. The predicted octanol–water partition coefficient (Wildman–Crippen LogP) is 4.66. The first-order valence-electron chi connectivity index (χ1n) is 8.62. The lowest BCUT2D eigenvalue weighted by Gasteiger charge is -2.31. The number of unbranched alkanes of at least 4 members (excludes halogenated alkanes) is 2. The number of nitrogens with two attached hydrogens (primary N) is 1. The SMILES string of the molecule is CCCCCNc1ccc(C2CC2(OC(N)=O)C(C)(C)C)cc1. The van der Waals surface area contributed by atoms with Gasteiger partial charge in [0.25, 0.3) is 0 Å². The summed E-state index contributed by atoms with van der Waals surface area (Å²) >= 11 is 0. The van der Waals surface area contributed by atoms with E-state index in [9.17, 15) is 4.79 Å². The molecule has 1 fully saturated rings. The Balaban J connectivity index is 2.01. The van der Waals surface area contributed by atoms with Crippen LogP contribution in [-0.2, 0) is 4.74 Å². The summed E-state index contributed by atoms with van der Waals surface area (Å²) in [7, 11) is 0. The zero-order chi connectivity index (χ0) is 17.1. The van der Waals surface area contributed by atoms with Crippen molar-refractivity contribution in [2.45, 2.75) is 64.9 Å². The molecular weight excluding hydrogens is 288 g/mol. The number of primary amides is 1. The van der Waals surface area contributed by atoms with Crippen molar-refractivity contribution >= 4 is 11.8 Å². The van der Waals surface area contributed by atoms with E-state index < -0.39 is 11.7 Å². The smallest absolute Gasteiger partial charge is 0.405 e. The number of ether oxygens (including phenoxy) is 1. The van der Waals surface area contributed by atoms with Crippen LogP contribution in [-0.4, -0.2) is 18.2 Å². The number of hydrogen-bond donors (Lipinski definition) is 2. The van der Waals surface area contributed by atoms with Gasteiger partial charge in [-0.1, -0.05) is 52.7 Å².